The van der Waals surface area contributed by atoms with E-state index in [0.717, 1.165) is 190 Å². The van der Waals surface area contributed by atoms with Crippen molar-refractivity contribution >= 4 is 82.8 Å². The van der Waals surface area contributed by atoms with E-state index in [9.17, 15) is 14.4 Å². The van der Waals surface area contributed by atoms with Crippen LogP contribution in [0.2, 0.25) is 0 Å². The van der Waals surface area contributed by atoms with Gasteiger partial charge in [0.1, 0.15) is 0 Å². The van der Waals surface area contributed by atoms with Crippen LogP contribution < -0.4 is 0 Å². The van der Waals surface area contributed by atoms with E-state index >= 15 is 0 Å². The molecule has 0 spiro atoms. The predicted molar refractivity (Wildman–Crippen MR) is 409 cm³/mol. The number of Topliss-reactive ketones (excluding diaryl/α,β-unsaturated/α-hetero) is 3. The standard InChI is InChI=1S/3C30H26N2O.Ru/c3*1-2-3-5-10-28(33)23-13-11-22(12-14-23)25-18-20-32-30-27(25)16-15-26-24(17-19-31-29(26)30)21-8-6-4-7-9-21;/h3*4,6-9,11-20H,2-3,5,10H2,1H3;/q;;;+2. The SMILES string of the molecule is CCCCCC(=O)c1ccc(-c2ccnc3c2ccc2c(-c4ccccc4)ccnc23)cc1.CCCCCC(=O)c1ccc(-c2ccnc3c2ccc2c(-c4ccccc4)ccnc23)cc1.CCCCCC(=O)c1ccc(-c2ccnc3c2ccc2c(-c4ccccc4)ccnc23)cc1.[Ru+2]. The average Bonchev–Trinajstić information content (AvgIpc) is 0.771. The van der Waals surface area contributed by atoms with Crippen LogP contribution in [0.5, 0.6) is 0 Å². The molecule has 0 aliphatic heterocycles. The summed E-state index contributed by atoms with van der Waals surface area (Å²) in [7, 11) is 0. The van der Waals surface area contributed by atoms with Gasteiger partial charge in [-0.3, -0.25) is 44.3 Å². The first kappa shape index (κ1) is 69.0. The minimum absolute atomic E-state index is 0. The molecule has 0 amide bonds. The number of hydrogen-bond acceptors (Lipinski definition) is 9. The maximum atomic E-state index is 12.5. The fourth-order valence-electron chi connectivity index (χ4n) is 13.4. The monoisotopic (exact) mass is 1390 g/mol. The van der Waals surface area contributed by atoms with Gasteiger partial charge in [0.05, 0.1) is 33.1 Å². The van der Waals surface area contributed by atoms with Crippen molar-refractivity contribution in [3.8, 4) is 66.8 Å². The normalized spacial score (nSPS) is 11.1. The molecule has 492 valence electrons. The second kappa shape index (κ2) is 33.1. The zero-order chi connectivity index (χ0) is 67.9. The van der Waals surface area contributed by atoms with Crippen molar-refractivity contribution in [3.05, 3.63) is 290 Å². The van der Waals surface area contributed by atoms with Gasteiger partial charge in [-0.05, 0) is 122 Å². The molecule has 0 fully saturated rings. The molecule has 6 aromatic heterocycles. The van der Waals surface area contributed by atoms with Crippen molar-refractivity contribution in [2.75, 3.05) is 0 Å². The van der Waals surface area contributed by atoms with Gasteiger partial charge in [0.2, 0.25) is 0 Å². The Morgan fingerprint density at radius 3 is 0.610 bits per heavy atom. The van der Waals surface area contributed by atoms with Crippen LogP contribution in [0.25, 0.3) is 132 Å². The molecule has 0 bridgehead atoms. The van der Waals surface area contributed by atoms with Gasteiger partial charge in [-0.25, -0.2) is 0 Å². The van der Waals surface area contributed by atoms with E-state index in [-0.39, 0.29) is 36.8 Å². The molecule has 0 N–H and O–H groups in total. The summed E-state index contributed by atoms with van der Waals surface area (Å²) in [4.78, 5) is 65.6. The molecule has 0 saturated carbocycles. The maximum Gasteiger partial charge on any atom is 2.00 e. The number of unbranched alkanes of at least 4 members (excludes halogenated alkanes) is 6. The fourth-order valence-corrected chi connectivity index (χ4v) is 13.4. The Bertz CT molecular complexity index is 4810. The predicted octanol–water partition coefficient (Wildman–Crippen LogP) is 23.6. The van der Waals surface area contributed by atoms with Crippen LogP contribution in [-0.2, 0) is 19.5 Å². The van der Waals surface area contributed by atoms with Gasteiger partial charge < -0.3 is 0 Å². The maximum absolute atomic E-state index is 12.5. The van der Waals surface area contributed by atoms with Crippen molar-refractivity contribution < 1.29 is 33.9 Å². The van der Waals surface area contributed by atoms with E-state index < -0.39 is 0 Å². The molecule has 100 heavy (non-hydrogen) atoms. The number of rotatable bonds is 21. The Hall–Kier alpha value is -10.9. The van der Waals surface area contributed by atoms with Gasteiger partial charge in [0.15, 0.2) is 17.3 Å². The van der Waals surface area contributed by atoms with Crippen molar-refractivity contribution in [2.45, 2.75) is 97.8 Å². The molecule has 15 rings (SSSR count). The second-order valence-corrected chi connectivity index (χ2v) is 25.2. The summed E-state index contributed by atoms with van der Waals surface area (Å²) in [6.45, 7) is 6.46. The van der Waals surface area contributed by atoms with E-state index in [2.05, 4.69) is 148 Å². The third kappa shape index (κ3) is 15.3. The van der Waals surface area contributed by atoms with Crippen LogP contribution in [0.4, 0.5) is 0 Å². The molecule has 10 heteroatoms. The number of ketones is 3. The Morgan fingerprint density at radius 1 is 0.230 bits per heavy atom. The molecule has 9 aromatic carbocycles. The molecule has 0 atom stereocenters. The first-order valence-electron chi connectivity index (χ1n) is 34.8. The summed E-state index contributed by atoms with van der Waals surface area (Å²) < 4.78 is 0. The molecule has 0 aliphatic carbocycles. The molecule has 0 saturated heterocycles. The third-order valence-electron chi connectivity index (χ3n) is 18.7. The number of benzene rings is 9. The summed E-state index contributed by atoms with van der Waals surface area (Å²) in [5, 5.41) is 6.45. The van der Waals surface area contributed by atoms with Gasteiger partial charge in [-0.15, -0.1) is 0 Å². The van der Waals surface area contributed by atoms with Gasteiger partial charge in [-0.2, -0.15) is 0 Å². The van der Waals surface area contributed by atoms with Gasteiger partial charge in [-0.1, -0.05) is 259 Å². The van der Waals surface area contributed by atoms with Crippen LogP contribution in [-0.4, -0.2) is 47.3 Å². The topological polar surface area (TPSA) is 129 Å². The van der Waals surface area contributed by atoms with Gasteiger partial charge in [0, 0.05) is 105 Å². The van der Waals surface area contributed by atoms with E-state index in [1.165, 1.54) is 16.7 Å². The molecule has 0 aliphatic rings. The van der Waals surface area contributed by atoms with Crippen LogP contribution >= 0.6 is 0 Å². The smallest absolute Gasteiger partial charge is 0.294 e. The number of pyridine rings is 6. The Morgan fingerprint density at radius 2 is 0.420 bits per heavy atom. The van der Waals surface area contributed by atoms with Crippen molar-refractivity contribution in [1.82, 2.24) is 29.9 Å². The molecular weight excluding hydrogens is 1310 g/mol. The molecular formula is C90H78N6O3Ru+2. The number of fused-ring (bicyclic) bond motifs is 9. The molecule has 15 aromatic rings. The third-order valence-corrected chi connectivity index (χ3v) is 18.7. The number of nitrogens with zero attached hydrogens (tertiary/aromatic N) is 6. The minimum Gasteiger partial charge on any atom is -0.294 e. The summed E-state index contributed by atoms with van der Waals surface area (Å²) in [5.74, 6) is 0.662. The summed E-state index contributed by atoms with van der Waals surface area (Å²) in [6, 6.07) is 80.2. The quantitative estimate of drug-likeness (QED) is 0.0299. The number of carbonyl (C=O) groups excluding carboxylic acids is 3. The first-order valence-corrected chi connectivity index (χ1v) is 34.8. The molecule has 0 radical (unpaired) electrons. The second-order valence-electron chi connectivity index (χ2n) is 25.2. The van der Waals surface area contributed by atoms with Crippen LogP contribution in [0.1, 0.15) is 129 Å². The minimum atomic E-state index is 0. The van der Waals surface area contributed by atoms with E-state index in [4.69, 9.17) is 29.9 Å². The van der Waals surface area contributed by atoms with Gasteiger partial charge in [0.25, 0.3) is 0 Å². The van der Waals surface area contributed by atoms with Crippen molar-refractivity contribution in [1.29, 1.82) is 0 Å². The summed E-state index contributed by atoms with van der Waals surface area (Å²) in [6.07, 6.45) is 22.5. The van der Waals surface area contributed by atoms with Crippen molar-refractivity contribution in [2.24, 2.45) is 0 Å². The number of aromatic nitrogens is 6. The largest absolute Gasteiger partial charge is 2.00 e. The Balaban J connectivity index is 0.000000141. The zero-order valence-electron chi connectivity index (χ0n) is 56.7. The van der Waals surface area contributed by atoms with Crippen LogP contribution in [0.15, 0.2) is 274 Å². The van der Waals surface area contributed by atoms with Crippen molar-refractivity contribution in [3.63, 3.8) is 0 Å². The molecule has 6 heterocycles. The average molecular weight is 1390 g/mol. The van der Waals surface area contributed by atoms with E-state index in [1.807, 2.05) is 146 Å². The van der Waals surface area contributed by atoms with E-state index in [1.54, 1.807) is 0 Å². The van der Waals surface area contributed by atoms with Gasteiger partial charge >= 0.3 is 19.5 Å². The zero-order valence-corrected chi connectivity index (χ0v) is 58.5. The summed E-state index contributed by atoms with van der Waals surface area (Å²) >= 11 is 0. The Kier molecular flexibility index (Phi) is 22.8. The number of carbonyl (C=O) groups is 3. The van der Waals surface area contributed by atoms with E-state index in [0.29, 0.717) is 19.3 Å². The first-order chi connectivity index (χ1) is 48.8. The van der Waals surface area contributed by atoms with Crippen LogP contribution in [0, 0.1) is 0 Å². The molecule has 0 unspecified atom stereocenters. The number of hydrogen-bond donors (Lipinski definition) is 0. The summed E-state index contributed by atoms with van der Waals surface area (Å²) in [5.41, 5.74) is 21.2. The fraction of sp³-hybridized carbons (Fsp3) is 0.167. The van der Waals surface area contributed by atoms with Crippen LogP contribution in [0.3, 0.4) is 0 Å². The molecule has 9 nitrogen and oxygen atoms in total. The Labute approximate surface area is 597 Å².